The molecule has 1 aliphatic rings. The lowest BCUT2D eigenvalue weighted by atomic mass is 10.0. The standard InChI is InChI=1S/C25H22N4O3/c1-16-23-20(15-21(27-25(23)32-28-16)17-8-3-2-4-9-17)24(31)26-18-10-7-11-19(14-18)29-13-6-5-12-22(29)30/h2-4,7-11,14-15H,5-6,12-13H2,1H3,(H,26,31). The lowest BCUT2D eigenvalue weighted by Gasteiger charge is -2.27. The number of nitrogens with zero attached hydrogens (tertiary/aromatic N) is 3. The molecule has 0 saturated carbocycles. The second-order valence-corrected chi connectivity index (χ2v) is 7.88. The molecular weight excluding hydrogens is 404 g/mol. The fourth-order valence-electron chi connectivity index (χ4n) is 4.06. The van der Waals surface area contributed by atoms with E-state index in [9.17, 15) is 9.59 Å². The first kappa shape index (κ1) is 19.9. The van der Waals surface area contributed by atoms with Crippen LogP contribution in [0.2, 0.25) is 0 Å². The van der Waals surface area contributed by atoms with E-state index in [1.165, 1.54) is 0 Å². The van der Waals surface area contributed by atoms with Gasteiger partial charge >= 0.3 is 0 Å². The van der Waals surface area contributed by atoms with Crippen LogP contribution in [0, 0.1) is 6.92 Å². The molecule has 0 radical (unpaired) electrons. The third-order valence-electron chi connectivity index (χ3n) is 5.67. The zero-order valence-corrected chi connectivity index (χ0v) is 17.7. The van der Waals surface area contributed by atoms with Crippen LogP contribution in [0.3, 0.4) is 0 Å². The van der Waals surface area contributed by atoms with Crippen LogP contribution in [0.1, 0.15) is 35.3 Å². The summed E-state index contributed by atoms with van der Waals surface area (Å²) in [6.45, 7) is 2.48. The van der Waals surface area contributed by atoms with Gasteiger partial charge in [0.25, 0.3) is 11.6 Å². The number of aromatic nitrogens is 2. The Balaban J connectivity index is 1.50. The average molecular weight is 426 g/mol. The first-order chi connectivity index (χ1) is 15.6. The minimum atomic E-state index is -0.289. The van der Waals surface area contributed by atoms with Crippen molar-refractivity contribution in [3.8, 4) is 11.3 Å². The molecule has 2 aromatic heterocycles. The number of fused-ring (bicyclic) bond motifs is 1. The van der Waals surface area contributed by atoms with Gasteiger partial charge in [0, 0.05) is 29.9 Å². The van der Waals surface area contributed by atoms with E-state index >= 15 is 0 Å². The molecule has 0 unspecified atom stereocenters. The van der Waals surface area contributed by atoms with E-state index in [0.29, 0.717) is 46.7 Å². The SMILES string of the molecule is Cc1noc2nc(-c3ccccc3)cc(C(=O)Nc3cccc(N4CCCCC4=O)c3)c12. The summed E-state index contributed by atoms with van der Waals surface area (Å²) in [5.74, 6) is -0.175. The van der Waals surface area contributed by atoms with Gasteiger partial charge in [-0.15, -0.1) is 0 Å². The third-order valence-corrected chi connectivity index (χ3v) is 5.67. The molecular formula is C25H22N4O3. The number of benzene rings is 2. The van der Waals surface area contributed by atoms with Crippen LogP contribution in [0.25, 0.3) is 22.4 Å². The smallest absolute Gasteiger partial charge is 0.259 e. The Hall–Kier alpha value is -4.00. The minimum absolute atomic E-state index is 0.114. The molecule has 5 rings (SSSR count). The molecule has 0 atom stereocenters. The van der Waals surface area contributed by atoms with Crippen LogP contribution >= 0.6 is 0 Å². The maximum absolute atomic E-state index is 13.3. The first-order valence-corrected chi connectivity index (χ1v) is 10.6. The summed E-state index contributed by atoms with van der Waals surface area (Å²) in [4.78, 5) is 31.9. The van der Waals surface area contributed by atoms with Gasteiger partial charge in [-0.25, -0.2) is 4.98 Å². The maximum Gasteiger partial charge on any atom is 0.259 e. The molecule has 7 heteroatoms. The fraction of sp³-hybridized carbons (Fsp3) is 0.200. The van der Waals surface area contributed by atoms with Gasteiger partial charge in [-0.05, 0) is 44.0 Å². The zero-order valence-electron chi connectivity index (χ0n) is 17.7. The Morgan fingerprint density at radius 3 is 2.72 bits per heavy atom. The topological polar surface area (TPSA) is 88.3 Å². The van der Waals surface area contributed by atoms with Gasteiger partial charge in [-0.2, -0.15) is 0 Å². The van der Waals surface area contributed by atoms with Gasteiger partial charge < -0.3 is 14.7 Å². The second-order valence-electron chi connectivity index (χ2n) is 7.88. The number of anilines is 2. The van der Waals surface area contributed by atoms with Crippen molar-refractivity contribution in [1.82, 2.24) is 10.1 Å². The lowest BCUT2D eigenvalue weighted by Crippen LogP contribution is -2.35. The van der Waals surface area contributed by atoms with Crippen LogP contribution in [0.15, 0.2) is 65.2 Å². The highest BCUT2D eigenvalue weighted by Crippen LogP contribution is 2.29. The predicted octanol–water partition coefficient (Wildman–Crippen LogP) is 4.97. The number of hydrogen-bond acceptors (Lipinski definition) is 5. The van der Waals surface area contributed by atoms with E-state index in [-0.39, 0.29) is 11.8 Å². The molecule has 0 spiro atoms. The third kappa shape index (κ3) is 3.73. The Kier molecular flexibility index (Phi) is 5.15. The second kappa shape index (κ2) is 8.26. The van der Waals surface area contributed by atoms with Crippen LogP contribution in [0.4, 0.5) is 11.4 Å². The van der Waals surface area contributed by atoms with Crippen molar-refractivity contribution >= 4 is 34.3 Å². The summed E-state index contributed by atoms with van der Waals surface area (Å²) in [6, 6.07) is 18.8. The molecule has 1 saturated heterocycles. The van der Waals surface area contributed by atoms with E-state index in [2.05, 4.69) is 15.5 Å². The molecule has 2 amide bonds. The summed E-state index contributed by atoms with van der Waals surface area (Å²) in [5.41, 5.74) is 4.28. The molecule has 1 N–H and O–H groups in total. The van der Waals surface area contributed by atoms with Crippen molar-refractivity contribution in [2.45, 2.75) is 26.2 Å². The normalized spacial score (nSPS) is 14.0. The summed E-state index contributed by atoms with van der Waals surface area (Å²) in [6.07, 6.45) is 2.46. The van der Waals surface area contributed by atoms with Crippen molar-refractivity contribution in [1.29, 1.82) is 0 Å². The van der Waals surface area contributed by atoms with E-state index in [1.807, 2.05) is 54.6 Å². The molecule has 32 heavy (non-hydrogen) atoms. The van der Waals surface area contributed by atoms with Crippen LogP contribution in [0.5, 0.6) is 0 Å². The molecule has 2 aromatic carbocycles. The largest absolute Gasteiger partial charge is 0.335 e. The Morgan fingerprint density at radius 2 is 1.91 bits per heavy atom. The summed E-state index contributed by atoms with van der Waals surface area (Å²) in [5, 5.41) is 7.56. The summed E-state index contributed by atoms with van der Waals surface area (Å²) >= 11 is 0. The van der Waals surface area contributed by atoms with E-state index < -0.39 is 0 Å². The molecule has 4 aromatic rings. The number of amides is 2. The molecule has 160 valence electrons. The van der Waals surface area contributed by atoms with E-state index in [1.54, 1.807) is 17.9 Å². The number of piperidine rings is 1. The number of aryl methyl sites for hydroxylation is 1. The molecule has 0 aliphatic carbocycles. The Labute approximate surface area is 185 Å². The van der Waals surface area contributed by atoms with Crippen molar-refractivity contribution < 1.29 is 14.1 Å². The molecule has 1 aliphatic heterocycles. The van der Waals surface area contributed by atoms with Gasteiger partial charge in [0.2, 0.25) is 5.91 Å². The zero-order chi connectivity index (χ0) is 22.1. The lowest BCUT2D eigenvalue weighted by molar-refractivity contribution is -0.119. The average Bonchev–Trinajstić information content (AvgIpc) is 3.20. The van der Waals surface area contributed by atoms with Crippen molar-refractivity contribution in [3.05, 3.63) is 71.9 Å². The number of carbonyl (C=O) groups is 2. The van der Waals surface area contributed by atoms with Gasteiger partial charge in [0.1, 0.15) is 0 Å². The van der Waals surface area contributed by atoms with Crippen LogP contribution in [-0.2, 0) is 4.79 Å². The van der Waals surface area contributed by atoms with Crippen LogP contribution in [-0.4, -0.2) is 28.5 Å². The monoisotopic (exact) mass is 426 g/mol. The number of nitrogens with one attached hydrogen (secondary N) is 1. The number of hydrogen-bond donors (Lipinski definition) is 1. The van der Waals surface area contributed by atoms with Crippen molar-refractivity contribution in [2.75, 3.05) is 16.8 Å². The first-order valence-electron chi connectivity index (χ1n) is 10.6. The van der Waals surface area contributed by atoms with Gasteiger partial charge in [-0.1, -0.05) is 41.6 Å². The van der Waals surface area contributed by atoms with Crippen molar-refractivity contribution in [2.24, 2.45) is 0 Å². The Bertz CT molecular complexity index is 1310. The van der Waals surface area contributed by atoms with Gasteiger partial charge in [-0.3, -0.25) is 9.59 Å². The fourth-order valence-corrected chi connectivity index (χ4v) is 4.06. The quantitative estimate of drug-likeness (QED) is 0.498. The highest BCUT2D eigenvalue weighted by Gasteiger charge is 2.22. The number of pyridine rings is 1. The Morgan fingerprint density at radius 1 is 1.06 bits per heavy atom. The molecule has 1 fully saturated rings. The highest BCUT2D eigenvalue weighted by atomic mass is 16.5. The van der Waals surface area contributed by atoms with E-state index in [4.69, 9.17) is 4.52 Å². The van der Waals surface area contributed by atoms with E-state index in [0.717, 1.165) is 24.1 Å². The predicted molar refractivity (Wildman–Crippen MR) is 123 cm³/mol. The van der Waals surface area contributed by atoms with Crippen LogP contribution < -0.4 is 10.2 Å². The summed E-state index contributed by atoms with van der Waals surface area (Å²) < 4.78 is 5.38. The van der Waals surface area contributed by atoms with Crippen molar-refractivity contribution in [3.63, 3.8) is 0 Å². The van der Waals surface area contributed by atoms with Gasteiger partial charge in [0.05, 0.1) is 22.3 Å². The maximum atomic E-state index is 13.3. The summed E-state index contributed by atoms with van der Waals surface area (Å²) in [7, 11) is 0. The number of rotatable bonds is 4. The highest BCUT2D eigenvalue weighted by molar-refractivity contribution is 6.13. The minimum Gasteiger partial charge on any atom is -0.335 e. The van der Waals surface area contributed by atoms with Gasteiger partial charge in [0.15, 0.2) is 0 Å². The molecule has 7 nitrogen and oxygen atoms in total. The molecule has 0 bridgehead atoms. The number of carbonyl (C=O) groups excluding carboxylic acids is 2. The molecule has 3 heterocycles.